The van der Waals surface area contributed by atoms with Crippen LogP contribution in [-0.4, -0.2) is 49.0 Å². The number of H-pyrrole nitrogens is 1. The average Bonchev–Trinajstić information content (AvgIpc) is 3.41. The van der Waals surface area contributed by atoms with Crippen molar-refractivity contribution in [3.8, 4) is 0 Å². The molecule has 3 heterocycles. The maximum Gasteiger partial charge on any atom is 0.223 e. The van der Waals surface area contributed by atoms with Crippen LogP contribution in [0.3, 0.4) is 0 Å². The van der Waals surface area contributed by atoms with Gasteiger partial charge in [-0.2, -0.15) is 5.10 Å². The Morgan fingerprint density at radius 3 is 2.69 bits per heavy atom. The number of carbonyl (C=O) groups is 1. The van der Waals surface area contributed by atoms with E-state index in [1.807, 2.05) is 24.8 Å². The Morgan fingerprint density at radius 2 is 1.94 bits per heavy atom. The SMILES string of the molecule is Cc1cc(C)nc(NCCCC(=O)N2CCC[C@@H]2c2n[nH]c(Cc3ccc(F)cc3)n2)n1. The van der Waals surface area contributed by atoms with Crippen molar-refractivity contribution in [2.24, 2.45) is 0 Å². The number of amides is 1. The third kappa shape index (κ3) is 5.46. The van der Waals surface area contributed by atoms with Crippen LogP contribution >= 0.6 is 0 Å². The van der Waals surface area contributed by atoms with Crippen LogP contribution in [0.2, 0.25) is 0 Å². The van der Waals surface area contributed by atoms with Crippen LogP contribution in [0.1, 0.15) is 60.3 Å². The van der Waals surface area contributed by atoms with E-state index in [1.54, 1.807) is 12.1 Å². The fourth-order valence-corrected chi connectivity index (χ4v) is 4.06. The minimum absolute atomic E-state index is 0.101. The summed E-state index contributed by atoms with van der Waals surface area (Å²) < 4.78 is 13.1. The van der Waals surface area contributed by atoms with Crippen LogP contribution in [-0.2, 0) is 11.2 Å². The molecule has 0 radical (unpaired) electrons. The fraction of sp³-hybridized carbons (Fsp3) is 0.435. The summed E-state index contributed by atoms with van der Waals surface area (Å²) in [6.45, 7) is 5.23. The zero-order valence-electron chi connectivity index (χ0n) is 18.4. The standard InChI is InChI=1S/C23H28FN7O/c1-15-13-16(2)27-23(26-15)25-11-3-6-21(32)31-12-4-5-19(31)22-28-20(29-30-22)14-17-7-9-18(24)10-8-17/h7-10,13,19H,3-6,11-12,14H2,1-2H3,(H,25,26,27)(H,28,29,30)/t19-/m1/s1. The van der Waals surface area contributed by atoms with Crippen LogP contribution in [0.4, 0.5) is 10.3 Å². The molecule has 9 heteroatoms. The minimum Gasteiger partial charge on any atom is -0.354 e. The normalized spacial score (nSPS) is 15.8. The maximum atomic E-state index is 13.1. The molecule has 0 spiro atoms. The van der Waals surface area contributed by atoms with Crippen molar-refractivity contribution in [1.29, 1.82) is 0 Å². The molecule has 0 aliphatic carbocycles. The Hall–Kier alpha value is -3.36. The Kier molecular flexibility index (Phi) is 6.72. The van der Waals surface area contributed by atoms with Gasteiger partial charge in [0.1, 0.15) is 11.6 Å². The molecule has 168 valence electrons. The number of aromatic nitrogens is 5. The van der Waals surface area contributed by atoms with Gasteiger partial charge >= 0.3 is 0 Å². The molecule has 0 saturated carbocycles. The predicted molar refractivity (Wildman–Crippen MR) is 119 cm³/mol. The molecule has 32 heavy (non-hydrogen) atoms. The molecule has 1 saturated heterocycles. The van der Waals surface area contributed by atoms with Crippen molar-refractivity contribution in [1.82, 2.24) is 30.0 Å². The number of hydrogen-bond donors (Lipinski definition) is 2. The number of likely N-dealkylation sites (tertiary alicyclic amines) is 1. The van der Waals surface area contributed by atoms with Gasteiger partial charge in [-0.25, -0.2) is 19.3 Å². The zero-order chi connectivity index (χ0) is 22.5. The first kappa shape index (κ1) is 21.9. The van der Waals surface area contributed by atoms with E-state index in [-0.39, 0.29) is 17.8 Å². The minimum atomic E-state index is -0.260. The van der Waals surface area contributed by atoms with E-state index in [4.69, 9.17) is 0 Å². The lowest BCUT2D eigenvalue weighted by Crippen LogP contribution is -2.31. The first-order chi connectivity index (χ1) is 15.5. The number of halogens is 1. The number of aromatic amines is 1. The molecule has 2 aromatic heterocycles. The number of nitrogens with one attached hydrogen (secondary N) is 2. The van der Waals surface area contributed by atoms with E-state index in [1.165, 1.54) is 12.1 Å². The third-order valence-electron chi connectivity index (χ3n) is 5.54. The Morgan fingerprint density at radius 1 is 1.19 bits per heavy atom. The smallest absolute Gasteiger partial charge is 0.223 e. The Balaban J connectivity index is 1.29. The molecule has 1 aliphatic heterocycles. The summed E-state index contributed by atoms with van der Waals surface area (Å²) in [4.78, 5) is 28.1. The molecular formula is C23H28FN7O. The molecule has 0 bridgehead atoms. The quantitative estimate of drug-likeness (QED) is 0.523. The lowest BCUT2D eigenvalue weighted by atomic mass is 10.1. The van der Waals surface area contributed by atoms with E-state index >= 15 is 0 Å². The molecule has 1 fully saturated rings. The first-order valence-corrected chi connectivity index (χ1v) is 11.0. The molecular weight excluding hydrogens is 409 g/mol. The van der Waals surface area contributed by atoms with Gasteiger partial charge in [-0.1, -0.05) is 12.1 Å². The van der Waals surface area contributed by atoms with Crippen molar-refractivity contribution < 1.29 is 9.18 Å². The largest absolute Gasteiger partial charge is 0.354 e. The van der Waals surface area contributed by atoms with Crippen LogP contribution in [0.15, 0.2) is 30.3 Å². The van der Waals surface area contributed by atoms with Crippen molar-refractivity contribution in [2.75, 3.05) is 18.4 Å². The highest BCUT2D eigenvalue weighted by molar-refractivity contribution is 5.77. The monoisotopic (exact) mass is 437 g/mol. The summed E-state index contributed by atoms with van der Waals surface area (Å²) in [6.07, 6.45) is 3.48. The number of rotatable bonds is 8. The van der Waals surface area contributed by atoms with Crippen molar-refractivity contribution in [3.63, 3.8) is 0 Å². The number of aryl methyl sites for hydroxylation is 2. The van der Waals surface area contributed by atoms with Gasteiger partial charge in [0.15, 0.2) is 5.82 Å². The molecule has 8 nitrogen and oxygen atoms in total. The number of hydrogen-bond acceptors (Lipinski definition) is 6. The van der Waals surface area contributed by atoms with Gasteiger partial charge in [0.25, 0.3) is 0 Å². The maximum absolute atomic E-state index is 13.1. The van der Waals surface area contributed by atoms with Crippen LogP contribution in [0.5, 0.6) is 0 Å². The van der Waals surface area contributed by atoms with Gasteiger partial charge < -0.3 is 10.2 Å². The van der Waals surface area contributed by atoms with E-state index in [0.29, 0.717) is 43.4 Å². The summed E-state index contributed by atoms with van der Waals surface area (Å²) in [6, 6.07) is 8.17. The van der Waals surface area contributed by atoms with Crippen molar-refractivity contribution >= 4 is 11.9 Å². The van der Waals surface area contributed by atoms with Gasteiger partial charge in [0.05, 0.1) is 6.04 Å². The molecule has 0 unspecified atom stereocenters. The predicted octanol–water partition coefficient (Wildman–Crippen LogP) is 3.50. The van der Waals surface area contributed by atoms with Gasteiger partial charge in [0.2, 0.25) is 11.9 Å². The van der Waals surface area contributed by atoms with Gasteiger partial charge in [-0.3, -0.25) is 9.89 Å². The molecule has 2 N–H and O–H groups in total. The summed E-state index contributed by atoms with van der Waals surface area (Å²) in [7, 11) is 0. The fourth-order valence-electron chi connectivity index (χ4n) is 4.06. The van der Waals surface area contributed by atoms with Gasteiger partial charge in [-0.05, 0) is 56.9 Å². The van der Waals surface area contributed by atoms with Gasteiger partial charge in [-0.15, -0.1) is 0 Å². The summed E-state index contributed by atoms with van der Waals surface area (Å²) in [5.74, 6) is 1.81. The summed E-state index contributed by atoms with van der Waals surface area (Å²) >= 11 is 0. The first-order valence-electron chi connectivity index (χ1n) is 11.0. The van der Waals surface area contributed by atoms with Gasteiger partial charge in [0, 0.05) is 37.3 Å². The Labute approximate surface area is 186 Å². The molecule has 1 amide bonds. The second kappa shape index (κ2) is 9.84. The van der Waals surface area contributed by atoms with E-state index in [2.05, 4.69) is 30.5 Å². The van der Waals surface area contributed by atoms with E-state index in [9.17, 15) is 9.18 Å². The molecule has 3 aromatic rings. The highest BCUT2D eigenvalue weighted by atomic mass is 19.1. The second-order valence-corrected chi connectivity index (χ2v) is 8.19. The topological polar surface area (TPSA) is 99.7 Å². The molecule has 1 atom stereocenters. The number of nitrogens with zero attached hydrogens (tertiary/aromatic N) is 5. The number of anilines is 1. The third-order valence-corrected chi connectivity index (χ3v) is 5.54. The van der Waals surface area contributed by atoms with E-state index in [0.717, 1.165) is 36.3 Å². The summed E-state index contributed by atoms with van der Waals surface area (Å²) in [5, 5.41) is 10.5. The van der Waals surface area contributed by atoms with Crippen LogP contribution in [0, 0.1) is 19.7 Å². The number of carbonyl (C=O) groups excluding carboxylic acids is 1. The van der Waals surface area contributed by atoms with E-state index < -0.39 is 0 Å². The number of benzene rings is 1. The second-order valence-electron chi connectivity index (χ2n) is 8.19. The van der Waals surface area contributed by atoms with Crippen molar-refractivity contribution in [3.05, 3.63) is 64.7 Å². The van der Waals surface area contributed by atoms with Crippen LogP contribution in [0.25, 0.3) is 0 Å². The zero-order valence-corrected chi connectivity index (χ0v) is 18.4. The highest BCUT2D eigenvalue weighted by Gasteiger charge is 2.32. The lowest BCUT2D eigenvalue weighted by Gasteiger charge is -2.22. The summed E-state index contributed by atoms with van der Waals surface area (Å²) in [5.41, 5.74) is 2.79. The highest BCUT2D eigenvalue weighted by Crippen LogP contribution is 2.30. The average molecular weight is 438 g/mol. The molecule has 4 rings (SSSR count). The van der Waals surface area contributed by atoms with Crippen molar-refractivity contribution in [2.45, 2.75) is 52.0 Å². The Bertz CT molecular complexity index is 1050. The molecule has 1 aliphatic rings. The molecule has 1 aromatic carbocycles. The van der Waals surface area contributed by atoms with Crippen LogP contribution < -0.4 is 5.32 Å². The lowest BCUT2D eigenvalue weighted by molar-refractivity contribution is -0.132.